The zero-order valence-electron chi connectivity index (χ0n) is 43.2. The molecule has 0 heteroatoms. The minimum Gasteiger partial charge on any atom is -0.0616 e. The number of hydrogen-bond donors (Lipinski definition) is 0. The molecule has 14 rings (SSSR count). The maximum atomic E-state index is 2.53. The summed E-state index contributed by atoms with van der Waals surface area (Å²) in [7, 11) is 0. The van der Waals surface area contributed by atoms with Gasteiger partial charge in [0.15, 0.2) is 0 Å². The molecule has 0 radical (unpaired) electrons. The summed E-state index contributed by atoms with van der Waals surface area (Å²) in [6.45, 7) is 15.9. The highest BCUT2D eigenvalue weighted by atomic mass is 14.4. The first-order valence-corrected chi connectivity index (χ1v) is 26.3. The van der Waals surface area contributed by atoms with Gasteiger partial charge in [-0.2, -0.15) is 0 Å². The summed E-state index contributed by atoms with van der Waals surface area (Å²) in [5.41, 5.74) is 24.3. The van der Waals surface area contributed by atoms with E-state index in [0.717, 1.165) is 0 Å². The van der Waals surface area contributed by atoms with Crippen LogP contribution in [0.2, 0.25) is 0 Å². The lowest BCUT2D eigenvalue weighted by atomic mass is 9.78. The van der Waals surface area contributed by atoms with Crippen molar-refractivity contribution < 1.29 is 0 Å². The third-order valence-electron chi connectivity index (χ3n) is 16.7. The molecule has 0 nitrogen and oxygen atoms in total. The Hall–Kier alpha value is -8.58. The average molecular weight is 945 g/mol. The molecule has 0 amide bonds. The van der Waals surface area contributed by atoms with Crippen LogP contribution in [0.3, 0.4) is 0 Å². The van der Waals surface area contributed by atoms with Crippen LogP contribution < -0.4 is 0 Å². The standard InChI is InChI=1S/C74H56/c1-43-20-27-48(28-21-43)68-54-14-8-9-15-55(54)70(60-33-24-45(3)38-63(60)68)50-31-36-52-53-37-32-51(42-67(53)74(6,7)66(52)41-50)71-57-17-11-13-19-59(57)73(65-40-47(5)25-34-61(65)71)72-58-18-12-10-16-56(58)69(49-29-22-44(2)23-30-49)64-39-46(4)26-35-62(64)72/h8-42H,1-7H3. The Kier molecular flexibility index (Phi) is 9.83. The molecule has 0 spiro atoms. The van der Waals surface area contributed by atoms with Crippen molar-refractivity contribution >= 4 is 64.6 Å². The van der Waals surface area contributed by atoms with Crippen molar-refractivity contribution in [3.8, 4) is 66.8 Å². The van der Waals surface area contributed by atoms with Gasteiger partial charge in [0, 0.05) is 5.41 Å². The Morgan fingerprint density at radius 1 is 0.216 bits per heavy atom. The first kappa shape index (κ1) is 44.1. The molecule has 0 fully saturated rings. The average Bonchev–Trinajstić information content (AvgIpc) is 3.64. The molecule has 1 aliphatic rings. The molecule has 0 unspecified atom stereocenters. The van der Waals surface area contributed by atoms with Gasteiger partial charge in [0.25, 0.3) is 0 Å². The third kappa shape index (κ3) is 6.60. The van der Waals surface area contributed by atoms with Crippen molar-refractivity contribution in [3.05, 3.63) is 251 Å². The molecule has 0 aromatic heterocycles. The Morgan fingerprint density at radius 2 is 0.473 bits per heavy atom. The summed E-state index contributed by atoms with van der Waals surface area (Å²) in [6.07, 6.45) is 0. The van der Waals surface area contributed by atoms with Crippen LogP contribution in [0.1, 0.15) is 52.8 Å². The van der Waals surface area contributed by atoms with Crippen molar-refractivity contribution in [3.63, 3.8) is 0 Å². The Bertz CT molecular complexity index is 4520. The number of aryl methyl sites for hydroxylation is 5. The van der Waals surface area contributed by atoms with Crippen molar-refractivity contribution in [2.75, 3.05) is 0 Å². The third-order valence-corrected chi connectivity index (χ3v) is 16.7. The van der Waals surface area contributed by atoms with E-state index in [-0.39, 0.29) is 5.41 Å². The van der Waals surface area contributed by atoms with Crippen LogP contribution in [-0.2, 0) is 5.41 Å². The lowest BCUT2D eigenvalue weighted by Crippen LogP contribution is -2.15. The molecule has 0 saturated carbocycles. The molecular formula is C74H56. The molecule has 0 bridgehead atoms. The van der Waals surface area contributed by atoms with Crippen LogP contribution in [0.25, 0.3) is 131 Å². The fourth-order valence-corrected chi connectivity index (χ4v) is 13.1. The lowest BCUT2D eigenvalue weighted by molar-refractivity contribution is 0.661. The van der Waals surface area contributed by atoms with Crippen molar-refractivity contribution in [1.82, 2.24) is 0 Å². The van der Waals surface area contributed by atoms with E-state index < -0.39 is 0 Å². The predicted octanol–water partition coefficient (Wildman–Crippen LogP) is 20.8. The molecule has 1 aliphatic carbocycles. The van der Waals surface area contributed by atoms with Gasteiger partial charge < -0.3 is 0 Å². The first-order valence-electron chi connectivity index (χ1n) is 26.3. The van der Waals surface area contributed by atoms with Gasteiger partial charge in [-0.15, -0.1) is 0 Å². The van der Waals surface area contributed by atoms with Crippen molar-refractivity contribution in [2.45, 2.75) is 53.9 Å². The largest absolute Gasteiger partial charge is 0.0616 e. The van der Waals surface area contributed by atoms with Crippen LogP contribution in [-0.4, -0.2) is 0 Å². The van der Waals surface area contributed by atoms with Gasteiger partial charge in [0.1, 0.15) is 0 Å². The van der Waals surface area contributed by atoms with Gasteiger partial charge in [-0.3, -0.25) is 0 Å². The second-order valence-corrected chi connectivity index (χ2v) is 21.9. The monoisotopic (exact) mass is 944 g/mol. The topological polar surface area (TPSA) is 0 Å². The van der Waals surface area contributed by atoms with Crippen LogP contribution in [0.15, 0.2) is 212 Å². The summed E-state index contributed by atoms with van der Waals surface area (Å²) < 4.78 is 0. The van der Waals surface area contributed by atoms with E-state index in [1.165, 1.54) is 170 Å². The molecule has 352 valence electrons. The molecule has 0 N–H and O–H groups in total. The van der Waals surface area contributed by atoms with Gasteiger partial charge in [-0.05, 0) is 189 Å². The van der Waals surface area contributed by atoms with E-state index in [2.05, 4.69) is 261 Å². The molecule has 13 aromatic carbocycles. The molecule has 0 heterocycles. The molecule has 13 aromatic rings. The molecule has 0 aliphatic heterocycles. The van der Waals surface area contributed by atoms with E-state index in [1.807, 2.05) is 0 Å². The maximum Gasteiger partial charge on any atom is 0.0159 e. The fourth-order valence-electron chi connectivity index (χ4n) is 13.1. The molecule has 74 heavy (non-hydrogen) atoms. The van der Waals surface area contributed by atoms with E-state index in [0.29, 0.717) is 0 Å². The zero-order valence-corrected chi connectivity index (χ0v) is 43.2. The van der Waals surface area contributed by atoms with Crippen LogP contribution in [0, 0.1) is 34.6 Å². The minimum absolute atomic E-state index is 0.252. The van der Waals surface area contributed by atoms with Crippen molar-refractivity contribution in [1.29, 1.82) is 0 Å². The Labute approximate surface area is 434 Å². The summed E-state index contributed by atoms with van der Waals surface area (Å²) in [5.74, 6) is 0. The summed E-state index contributed by atoms with van der Waals surface area (Å²) in [4.78, 5) is 0. The molecular weight excluding hydrogens is 889 g/mol. The second kappa shape index (κ2) is 16.5. The highest BCUT2D eigenvalue weighted by Gasteiger charge is 2.37. The highest BCUT2D eigenvalue weighted by molar-refractivity contribution is 6.30. The summed E-state index contributed by atoms with van der Waals surface area (Å²) in [5, 5.41) is 15.4. The van der Waals surface area contributed by atoms with Gasteiger partial charge in [0.2, 0.25) is 0 Å². The maximum absolute atomic E-state index is 2.53. The van der Waals surface area contributed by atoms with E-state index in [4.69, 9.17) is 0 Å². The summed E-state index contributed by atoms with van der Waals surface area (Å²) >= 11 is 0. The minimum atomic E-state index is -0.252. The van der Waals surface area contributed by atoms with Gasteiger partial charge in [-0.1, -0.05) is 242 Å². The highest BCUT2D eigenvalue weighted by Crippen LogP contribution is 2.55. The van der Waals surface area contributed by atoms with E-state index >= 15 is 0 Å². The number of hydrogen-bond acceptors (Lipinski definition) is 0. The first-order chi connectivity index (χ1) is 36.0. The second-order valence-electron chi connectivity index (χ2n) is 21.9. The van der Waals surface area contributed by atoms with E-state index in [9.17, 15) is 0 Å². The number of rotatable bonds is 5. The normalized spacial score (nSPS) is 12.9. The Balaban J connectivity index is 0.968. The SMILES string of the molecule is Cc1ccc(-c2c3ccccc3c(-c3ccc4c(c3)C(C)(C)c3cc(-c5c6ccccc6c(-c6c7ccccc7c(-c7ccc(C)cc7)c7cc(C)ccc67)c6cc(C)ccc56)ccc3-4)c3ccc(C)cc23)cc1. The number of fused-ring (bicyclic) bond motifs is 9. The van der Waals surface area contributed by atoms with Crippen LogP contribution in [0.4, 0.5) is 0 Å². The van der Waals surface area contributed by atoms with Crippen LogP contribution in [0.5, 0.6) is 0 Å². The molecule has 0 saturated heterocycles. The quantitative estimate of drug-likeness (QED) is 0.151. The van der Waals surface area contributed by atoms with Crippen LogP contribution >= 0.6 is 0 Å². The number of benzene rings is 13. The van der Waals surface area contributed by atoms with Gasteiger partial charge in [0.05, 0.1) is 0 Å². The zero-order chi connectivity index (χ0) is 50.1. The van der Waals surface area contributed by atoms with Gasteiger partial charge in [-0.25, -0.2) is 0 Å². The summed E-state index contributed by atoms with van der Waals surface area (Å²) in [6, 6.07) is 81.4. The van der Waals surface area contributed by atoms with Crippen molar-refractivity contribution in [2.24, 2.45) is 0 Å². The fraction of sp³-hybridized carbons (Fsp3) is 0.108. The lowest BCUT2D eigenvalue weighted by Gasteiger charge is -2.25. The van der Waals surface area contributed by atoms with Gasteiger partial charge >= 0.3 is 0 Å². The van der Waals surface area contributed by atoms with E-state index in [1.54, 1.807) is 0 Å². The molecule has 0 atom stereocenters. The predicted molar refractivity (Wildman–Crippen MR) is 320 cm³/mol. The Morgan fingerprint density at radius 3 is 0.838 bits per heavy atom. The smallest absolute Gasteiger partial charge is 0.0159 e.